The Morgan fingerprint density at radius 3 is 2.39 bits per heavy atom. The standard InChI is InChI=1S/C12H15N5O/c1-7-4-8(2)6-9(5-7)17(3)11(18)10-14-12(13)16-15-10/h4-6H,1-3H3,(H3,13,14,15,16). The van der Waals surface area contributed by atoms with Crippen LogP contribution in [0.2, 0.25) is 0 Å². The predicted molar refractivity (Wildman–Crippen MR) is 69.4 cm³/mol. The first-order chi connectivity index (χ1) is 8.47. The van der Waals surface area contributed by atoms with E-state index in [1.165, 1.54) is 4.90 Å². The molecule has 18 heavy (non-hydrogen) atoms. The van der Waals surface area contributed by atoms with Gasteiger partial charge in [0.05, 0.1) is 0 Å². The van der Waals surface area contributed by atoms with Crippen LogP contribution in [0, 0.1) is 13.8 Å². The van der Waals surface area contributed by atoms with Gasteiger partial charge in [0.25, 0.3) is 5.91 Å². The third-order valence-corrected chi connectivity index (χ3v) is 2.60. The molecule has 0 spiro atoms. The van der Waals surface area contributed by atoms with E-state index in [0.717, 1.165) is 16.8 Å². The molecule has 0 atom stereocenters. The van der Waals surface area contributed by atoms with E-state index in [1.54, 1.807) is 7.05 Å². The van der Waals surface area contributed by atoms with Crippen LogP contribution in [0.15, 0.2) is 18.2 Å². The number of aryl methyl sites for hydroxylation is 2. The summed E-state index contributed by atoms with van der Waals surface area (Å²) in [4.78, 5) is 17.5. The highest BCUT2D eigenvalue weighted by atomic mass is 16.2. The minimum atomic E-state index is -0.274. The zero-order valence-electron chi connectivity index (χ0n) is 10.6. The van der Waals surface area contributed by atoms with Crippen LogP contribution in [-0.4, -0.2) is 28.1 Å². The topological polar surface area (TPSA) is 87.9 Å². The summed E-state index contributed by atoms with van der Waals surface area (Å²) >= 11 is 0. The van der Waals surface area contributed by atoms with Gasteiger partial charge in [-0.05, 0) is 37.1 Å². The number of hydrogen-bond donors (Lipinski definition) is 2. The zero-order chi connectivity index (χ0) is 13.3. The van der Waals surface area contributed by atoms with Crippen molar-refractivity contribution in [3.63, 3.8) is 0 Å². The van der Waals surface area contributed by atoms with Crippen molar-refractivity contribution in [3.8, 4) is 0 Å². The molecule has 1 amide bonds. The Balaban J connectivity index is 2.30. The summed E-state index contributed by atoms with van der Waals surface area (Å²) in [5.41, 5.74) is 8.39. The van der Waals surface area contributed by atoms with Crippen LogP contribution in [0.1, 0.15) is 21.7 Å². The number of nitrogen functional groups attached to an aromatic ring is 1. The van der Waals surface area contributed by atoms with E-state index in [0.29, 0.717) is 0 Å². The molecule has 94 valence electrons. The number of carbonyl (C=O) groups is 1. The number of hydrogen-bond acceptors (Lipinski definition) is 4. The fraction of sp³-hybridized carbons (Fsp3) is 0.250. The van der Waals surface area contributed by atoms with Crippen molar-refractivity contribution in [1.29, 1.82) is 0 Å². The molecule has 0 aliphatic rings. The number of amides is 1. The summed E-state index contributed by atoms with van der Waals surface area (Å²) in [6, 6.07) is 5.92. The van der Waals surface area contributed by atoms with E-state index in [1.807, 2.05) is 32.0 Å². The van der Waals surface area contributed by atoms with Crippen molar-refractivity contribution in [2.45, 2.75) is 13.8 Å². The number of nitrogens with two attached hydrogens (primary N) is 1. The molecule has 0 aliphatic heterocycles. The molecule has 6 nitrogen and oxygen atoms in total. The molecule has 0 aliphatic carbocycles. The number of anilines is 2. The molecule has 3 N–H and O–H groups in total. The predicted octanol–water partition coefficient (Wildman–Crippen LogP) is 1.28. The molecule has 0 radical (unpaired) electrons. The van der Waals surface area contributed by atoms with Gasteiger partial charge in [-0.15, -0.1) is 5.10 Å². The van der Waals surface area contributed by atoms with Crippen molar-refractivity contribution in [3.05, 3.63) is 35.2 Å². The molecule has 0 fully saturated rings. The van der Waals surface area contributed by atoms with E-state index < -0.39 is 0 Å². The number of benzene rings is 1. The number of nitrogens with one attached hydrogen (secondary N) is 1. The molecule has 0 unspecified atom stereocenters. The van der Waals surface area contributed by atoms with Crippen molar-refractivity contribution in [2.24, 2.45) is 0 Å². The van der Waals surface area contributed by atoms with Gasteiger partial charge in [-0.25, -0.2) is 0 Å². The van der Waals surface area contributed by atoms with Gasteiger partial charge in [-0.1, -0.05) is 6.07 Å². The Bertz CT molecular complexity index is 570. The van der Waals surface area contributed by atoms with Crippen molar-refractivity contribution >= 4 is 17.5 Å². The van der Waals surface area contributed by atoms with Gasteiger partial charge in [0.15, 0.2) is 0 Å². The Morgan fingerprint density at radius 2 is 1.89 bits per heavy atom. The Kier molecular flexibility index (Phi) is 3.01. The number of aromatic amines is 1. The number of carbonyl (C=O) groups excluding carboxylic acids is 1. The fourth-order valence-electron chi connectivity index (χ4n) is 1.79. The average Bonchev–Trinajstić information content (AvgIpc) is 2.72. The van der Waals surface area contributed by atoms with Gasteiger partial charge in [0.1, 0.15) is 0 Å². The van der Waals surface area contributed by atoms with Crippen LogP contribution in [-0.2, 0) is 0 Å². The van der Waals surface area contributed by atoms with Gasteiger partial charge in [0, 0.05) is 12.7 Å². The first-order valence-electron chi connectivity index (χ1n) is 5.51. The van der Waals surface area contributed by atoms with E-state index in [9.17, 15) is 4.79 Å². The normalized spacial score (nSPS) is 10.4. The molecule has 1 heterocycles. The van der Waals surface area contributed by atoms with Crippen LogP contribution in [0.25, 0.3) is 0 Å². The fourth-order valence-corrected chi connectivity index (χ4v) is 1.79. The third-order valence-electron chi connectivity index (χ3n) is 2.60. The summed E-state index contributed by atoms with van der Waals surface area (Å²) in [6.45, 7) is 3.97. The molecular weight excluding hydrogens is 230 g/mol. The van der Waals surface area contributed by atoms with Gasteiger partial charge < -0.3 is 10.6 Å². The van der Waals surface area contributed by atoms with Crippen molar-refractivity contribution < 1.29 is 4.79 Å². The summed E-state index contributed by atoms with van der Waals surface area (Å²) < 4.78 is 0. The first kappa shape index (κ1) is 12.1. The van der Waals surface area contributed by atoms with Gasteiger partial charge in [0.2, 0.25) is 11.8 Å². The van der Waals surface area contributed by atoms with E-state index in [4.69, 9.17) is 5.73 Å². The number of aromatic nitrogens is 3. The maximum absolute atomic E-state index is 12.1. The molecule has 2 aromatic rings. The van der Waals surface area contributed by atoms with Crippen LogP contribution in [0.3, 0.4) is 0 Å². The lowest BCUT2D eigenvalue weighted by atomic mass is 10.1. The second-order valence-electron chi connectivity index (χ2n) is 4.25. The average molecular weight is 245 g/mol. The maximum atomic E-state index is 12.1. The molecule has 0 saturated carbocycles. The van der Waals surface area contributed by atoms with Gasteiger partial charge in [-0.3, -0.25) is 9.89 Å². The number of rotatable bonds is 2. The molecular formula is C12H15N5O. The highest BCUT2D eigenvalue weighted by molar-refractivity contribution is 6.03. The third kappa shape index (κ3) is 2.32. The molecule has 1 aromatic heterocycles. The Hall–Kier alpha value is -2.37. The van der Waals surface area contributed by atoms with Gasteiger partial charge in [-0.2, -0.15) is 4.98 Å². The minimum Gasteiger partial charge on any atom is -0.366 e. The first-order valence-corrected chi connectivity index (χ1v) is 5.51. The lowest BCUT2D eigenvalue weighted by Crippen LogP contribution is -2.27. The molecule has 2 rings (SSSR count). The number of H-pyrrole nitrogens is 1. The summed E-state index contributed by atoms with van der Waals surface area (Å²) in [7, 11) is 1.69. The minimum absolute atomic E-state index is 0.0622. The largest absolute Gasteiger partial charge is 0.366 e. The van der Waals surface area contributed by atoms with Crippen LogP contribution < -0.4 is 10.6 Å². The zero-order valence-corrected chi connectivity index (χ0v) is 10.6. The molecule has 0 saturated heterocycles. The van der Waals surface area contributed by atoms with Crippen LogP contribution in [0.4, 0.5) is 11.6 Å². The van der Waals surface area contributed by atoms with Crippen LogP contribution >= 0.6 is 0 Å². The van der Waals surface area contributed by atoms with E-state index in [-0.39, 0.29) is 17.7 Å². The second-order valence-corrected chi connectivity index (χ2v) is 4.25. The summed E-state index contributed by atoms with van der Waals surface area (Å²) in [5.74, 6) is -0.0782. The smallest absolute Gasteiger partial charge is 0.295 e. The lowest BCUT2D eigenvalue weighted by molar-refractivity contribution is 0.0983. The van der Waals surface area contributed by atoms with E-state index in [2.05, 4.69) is 15.2 Å². The SMILES string of the molecule is Cc1cc(C)cc(N(C)C(=O)c2nc(N)n[nH]2)c1. The maximum Gasteiger partial charge on any atom is 0.295 e. The van der Waals surface area contributed by atoms with E-state index >= 15 is 0 Å². The quantitative estimate of drug-likeness (QED) is 0.834. The lowest BCUT2D eigenvalue weighted by Gasteiger charge is -2.17. The Morgan fingerprint density at radius 1 is 1.28 bits per heavy atom. The summed E-state index contributed by atoms with van der Waals surface area (Å²) in [6.07, 6.45) is 0. The van der Waals surface area contributed by atoms with Crippen LogP contribution in [0.5, 0.6) is 0 Å². The highest BCUT2D eigenvalue weighted by Crippen LogP contribution is 2.18. The Labute approximate surface area is 105 Å². The molecule has 0 bridgehead atoms. The van der Waals surface area contributed by atoms with Crippen molar-refractivity contribution in [2.75, 3.05) is 17.7 Å². The molecule has 6 heteroatoms. The van der Waals surface area contributed by atoms with Crippen molar-refractivity contribution in [1.82, 2.24) is 15.2 Å². The second kappa shape index (κ2) is 4.48. The monoisotopic (exact) mass is 245 g/mol. The number of nitrogens with zero attached hydrogens (tertiary/aromatic N) is 3. The molecule has 1 aromatic carbocycles. The highest BCUT2D eigenvalue weighted by Gasteiger charge is 2.17. The summed E-state index contributed by atoms with van der Waals surface area (Å²) in [5, 5.41) is 6.15. The van der Waals surface area contributed by atoms with Gasteiger partial charge >= 0.3 is 0 Å².